The molecule has 0 radical (unpaired) electrons. The highest BCUT2D eigenvalue weighted by molar-refractivity contribution is 5.90. The first-order chi connectivity index (χ1) is 5.68. The van der Waals surface area contributed by atoms with E-state index in [1.165, 1.54) is 6.07 Å². The molecule has 1 aromatic heterocycles. The Labute approximate surface area is 69.2 Å². The lowest BCUT2D eigenvalue weighted by Crippen LogP contribution is -1.90. The van der Waals surface area contributed by atoms with Crippen molar-refractivity contribution in [3.63, 3.8) is 0 Å². The van der Waals surface area contributed by atoms with Crippen LogP contribution in [0.3, 0.4) is 0 Å². The molecule has 0 aliphatic rings. The molecule has 0 atom stereocenters. The summed E-state index contributed by atoms with van der Waals surface area (Å²) >= 11 is 0. The van der Waals surface area contributed by atoms with Crippen molar-refractivity contribution in [3.8, 4) is 0 Å². The number of hydrogen-bond acceptors (Lipinski definition) is 1. The van der Waals surface area contributed by atoms with Crippen molar-refractivity contribution in [1.29, 1.82) is 0 Å². The van der Waals surface area contributed by atoms with Crippen LogP contribution in [0, 0.1) is 12.7 Å². The minimum absolute atomic E-state index is 0.195. The Hall–Kier alpha value is -1.51. The van der Waals surface area contributed by atoms with Crippen LogP contribution in [-0.2, 0) is 0 Å². The van der Waals surface area contributed by atoms with E-state index >= 15 is 0 Å². The molecular weight excluding hydrogens is 155 g/mol. The molecule has 0 unspecified atom stereocenters. The normalized spacial score (nSPS) is 10.8. The smallest absolute Gasteiger partial charge is 0.148 e. The van der Waals surface area contributed by atoms with Crippen LogP contribution in [0.15, 0.2) is 18.2 Å². The van der Waals surface area contributed by atoms with Gasteiger partial charge in [-0.2, -0.15) is 0 Å². The number of H-pyrrole nitrogens is 1. The fourth-order valence-electron chi connectivity index (χ4n) is 1.34. The molecule has 0 fully saturated rings. The average Bonchev–Trinajstić information content (AvgIpc) is 2.39. The first kappa shape index (κ1) is 7.16. The van der Waals surface area contributed by atoms with Crippen LogP contribution in [0.1, 0.15) is 5.69 Å². The van der Waals surface area contributed by atoms with E-state index in [1.54, 1.807) is 6.07 Å². The Balaban J connectivity index is 2.89. The summed E-state index contributed by atoms with van der Waals surface area (Å²) in [4.78, 5) is 3.00. The van der Waals surface area contributed by atoms with Crippen molar-refractivity contribution in [3.05, 3.63) is 29.7 Å². The highest BCUT2D eigenvalue weighted by atomic mass is 19.1. The molecule has 0 saturated carbocycles. The molecule has 0 aliphatic heterocycles. The van der Waals surface area contributed by atoms with Crippen molar-refractivity contribution < 1.29 is 4.39 Å². The van der Waals surface area contributed by atoms with Gasteiger partial charge < -0.3 is 10.7 Å². The predicted octanol–water partition coefficient (Wildman–Crippen LogP) is 2.20. The van der Waals surface area contributed by atoms with Gasteiger partial charge in [-0.05, 0) is 25.1 Å². The van der Waals surface area contributed by atoms with Gasteiger partial charge in [0.05, 0.1) is 11.2 Å². The van der Waals surface area contributed by atoms with E-state index in [4.69, 9.17) is 5.73 Å². The lowest BCUT2D eigenvalue weighted by molar-refractivity contribution is 0.634. The summed E-state index contributed by atoms with van der Waals surface area (Å²) in [6, 6.07) is 5.03. The number of nitrogens with one attached hydrogen (secondary N) is 1. The molecule has 2 rings (SSSR count). The van der Waals surface area contributed by atoms with E-state index in [0.29, 0.717) is 5.52 Å². The second-order valence-corrected chi connectivity index (χ2v) is 2.88. The molecule has 62 valence electrons. The SMILES string of the molecule is Cc1cc2ccc(F)c(N)c2[nH]1. The molecule has 1 heterocycles. The number of aryl methyl sites for hydroxylation is 1. The Morgan fingerprint density at radius 1 is 1.42 bits per heavy atom. The summed E-state index contributed by atoms with van der Waals surface area (Å²) in [7, 11) is 0. The number of anilines is 1. The van der Waals surface area contributed by atoms with Gasteiger partial charge in [-0.15, -0.1) is 0 Å². The quantitative estimate of drug-likeness (QED) is 0.576. The third-order valence-corrected chi connectivity index (χ3v) is 1.92. The fourth-order valence-corrected chi connectivity index (χ4v) is 1.34. The maximum absolute atomic E-state index is 12.9. The molecule has 3 N–H and O–H groups in total. The Kier molecular flexibility index (Phi) is 1.33. The van der Waals surface area contributed by atoms with Crippen LogP contribution in [0.2, 0.25) is 0 Å². The summed E-state index contributed by atoms with van der Waals surface area (Å²) < 4.78 is 12.9. The van der Waals surface area contributed by atoms with Crippen LogP contribution in [-0.4, -0.2) is 4.98 Å². The first-order valence-corrected chi connectivity index (χ1v) is 3.72. The average molecular weight is 164 g/mol. The van der Waals surface area contributed by atoms with E-state index in [9.17, 15) is 4.39 Å². The molecular formula is C9H9FN2. The number of aromatic nitrogens is 1. The van der Waals surface area contributed by atoms with Crippen LogP contribution in [0.4, 0.5) is 10.1 Å². The number of benzene rings is 1. The Morgan fingerprint density at radius 2 is 2.17 bits per heavy atom. The second-order valence-electron chi connectivity index (χ2n) is 2.88. The van der Waals surface area contributed by atoms with Gasteiger partial charge in [0.1, 0.15) is 5.82 Å². The maximum atomic E-state index is 12.9. The zero-order chi connectivity index (χ0) is 8.72. The molecule has 2 nitrogen and oxygen atoms in total. The van der Waals surface area contributed by atoms with Crippen molar-refractivity contribution in [2.24, 2.45) is 0 Å². The van der Waals surface area contributed by atoms with Gasteiger partial charge >= 0.3 is 0 Å². The van der Waals surface area contributed by atoms with Crippen molar-refractivity contribution in [1.82, 2.24) is 4.98 Å². The van der Waals surface area contributed by atoms with E-state index < -0.39 is 0 Å². The van der Waals surface area contributed by atoms with E-state index in [-0.39, 0.29) is 11.5 Å². The van der Waals surface area contributed by atoms with Crippen LogP contribution >= 0.6 is 0 Å². The molecule has 2 aromatic rings. The first-order valence-electron chi connectivity index (χ1n) is 3.72. The van der Waals surface area contributed by atoms with Gasteiger partial charge in [-0.3, -0.25) is 0 Å². The fraction of sp³-hybridized carbons (Fsp3) is 0.111. The van der Waals surface area contributed by atoms with E-state index in [2.05, 4.69) is 4.98 Å². The summed E-state index contributed by atoms with van der Waals surface area (Å²) in [6.07, 6.45) is 0. The zero-order valence-corrected chi connectivity index (χ0v) is 6.69. The molecule has 1 aromatic carbocycles. The third-order valence-electron chi connectivity index (χ3n) is 1.92. The van der Waals surface area contributed by atoms with E-state index in [0.717, 1.165) is 11.1 Å². The topological polar surface area (TPSA) is 41.8 Å². The molecule has 0 amide bonds. The number of nitrogen functional groups attached to an aromatic ring is 1. The van der Waals surface area contributed by atoms with Crippen molar-refractivity contribution in [2.75, 3.05) is 5.73 Å². The number of nitrogens with two attached hydrogens (primary N) is 1. The monoisotopic (exact) mass is 164 g/mol. The lowest BCUT2D eigenvalue weighted by Gasteiger charge is -1.96. The standard InChI is InChI=1S/C9H9FN2/c1-5-4-6-2-3-7(10)8(11)9(6)12-5/h2-4,12H,11H2,1H3. The summed E-state index contributed by atoms with van der Waals surface area (Å²) in [5.74, 6) is -0.371. The van der Waals surface area contributed by atoms with Crippen LogP contribution in [0.5, 0.6) is 0 Å². The molecule has 0 spiro atoms. The highest BCUT2D eigenvalue weighted by Gasteiger charge is 2.04. The minimum atomic E-state index is -0.371. The number of fused-ring (bicyclic) bond motifs is 1. The van der Waals surface area contributed by atoms with Crippen LogP contribution < -0.4 is 5.73 Å². The van der Waals surface area contributed by atoms with Gasteiger partial charge in [0, 0.05) is 11.1 Å². The number of hydrogen-bond donors (Lipinski definition) is 2. The van der Waals surface area contributed by atoms with Crippen molar-refractivity contribution in [2.45, 2.75) is 6.92 Å². The Bertz CT molecular complexity index is 431. The predicted molar refractivity (Wildman–Crippen MR) is 47.4 cm³/mol. The largest absolute Gasteiger partial charge is 0.395 e. The van der Waals surface area contributed by atoms with Gasteiger partial charge in [0.25, 0.3) is 0 Å². The Morgan fingerprint density at radius 3 is 2.92 bits per heavy atom. The minimum Gasteiger partial charge on any atom is -0.395 e. The van der Waals surface area contributed by atoms with Gasteiger partial charge in [0.2, 0.25) is 0 Å². The number of aromatic amines is 1. The highest BCUT2D eigenvalue weighted by Crippen LogP contribution is 2.23. The number of halogens is 1. The van der Waals surface area contributed by atoms with Gasteiger partial charge in [0.15, 0.2) is 0 Å². The van der Waals surface area contributed by atoms with Crippen molar-refractivity contribution >= 4 is 16.6 Å². The third kappa shape index (κ3) is 0.863. The second kappa shape index (κ2) is 2.24. The summed E-state index contributed by atoms with van der Waals surface area (Å²) in [5, 5.41) is 0.950. The number of rotatable bonds is 0. The zero-order valence-electron chi connectivity index (χ0n) is 6.69. The maximum Gasteiger partial charge on any atom is 0.148 e. The summed E-state index contributed by atoms with van der Waals surface area (Å²) in [6.45, 7) is 1.91. The molecule has 0 saturated heterocycles. The molecule has 3 heteroatoms. The lowest BCUT2D eigenvalue weighted by atomic mass is 10.2. The molecule has 0 bridgehead atoms. The summed E-state index contributed by atoms with van der Waals surface area (Å²) in [5.41, 5.74) is 7.40. The van der Waals surface area contributed by atoms with Gasteiger partial charge in [-0.1, -0.05) is 0 Å². The van der Waals surface area contributed by atoms with Gasteiger partial charge in [-0.25, -0.2) is 4.39 Å². The van der Waals surface area contributed by atoms with E-state index in [1.807, 2.05) is 13.0 Å². The molecule has 12 heavy (non-hydrogen) atoms. The van der Waals surface area contributed by atoms with Crippen LogP contribution in [0.25, 0.3) is 10.9 Å². The molecule has 0 aliphatic carbocycles.